The summed E-state index contributed by atoms with van der Waals surface area (Å²) in [6.07, 6.45) is 13.7. The molecule has 2 unspecified atom stereocenters. The predicted octanol–water partition coefficient (Wildman–Crippen LogP) is 6.34. The van der Waals surface area contributed by atoms with Gasteiger partial charge in [0.2, 0.25) is 0 Å². The molecule has 0 aromatic rings. The van der Waals surface area contributed by atoms with Gasteiger partial charge in [-0.15, -0.1) is 0 Å². The molecule has 0 heterocycles. The monoisotopic (exact) mass is 332 g/mol. The zero-order valence-electron chi connectivity index (χ0n) is 16.5. The van der Waals surface area contributed by atoms with E-state index >= 15 is 0 Å². The maximum absolute atomic E-state index is 6.34. The van der Waals surface area contributed by atoms with Crippen molar-refractivity contribution in [1.29, 1.82) is 0 Å². The van der Waals surface area contributed by atoms with E-state index < -0.39 is 0 Å². The Hall–Kier alpha value is -1.02. The first-order chi connectivity index (χ1) is 11.3. The lowest BCUT2D eigenvalue weighted by Gasteiger charge is -2.31. The normalized spacial score (nSPS) is 25.2. The maximum atomic E-state index is 6.34. The van der Waals surface area contributed by atoms with Gasteiger partial charge in [-0.2, -0.15) is 0 Å². The second kappa shape index (κ2) is 8.38. The van der Waals surface area contributed by atoms with E-state index in [-0.39, 0.29) is 11.7 Å². The van der Waals surface area contributed by atoms with E-state index in [0.29, 0.717) is 12.0 Å². The zero-order valence-corrected chi connectivity index (χ0v) is 16.5. The van der Waals surface area contributed by atoms with E-state index in [1.165, 1.54) is 19.3 Å². The van der Waals surface area contributed by atoms with Crippen LogP contribution in [0.4, 0.5) is 0 Å². The summed E-state index contributed by atoms with van der Waals surface area (Å²) in [6.45, 7) is 13.2. The predicted molar refractivity (Wildman–Crippen MR) is 102 cm³/mol. The number of allylic oxidation sites excluding steroid dienone is 2. The van der Waals surface area contributed by atoms with Crippen molar-refractivity contribution in [2.45, 2.75) is 97.9 Å². The second-order valence-electron chi connectivity index (χ2n) is 8.49. The third-order valence-corrected chi connectivity index (χ3v) is 4.72. The fourth-order valence-electron chi connectivity index (χ4n) is 3.80. The fraction of sp³-hybridized carbons (Fsp3) is 0.727. The minimum atomic E-state index is -0.120. The maximum Gasteiger partial charge on any atom is 0.118 e. The minimum absolute atomic E-state index is 0.120. The smallest absolute Gasteiger partial charge is 0.118 e. The first-order valence-electron chi connectivity index (χ1n) is 9.72. The highest BCUT2D eigenvalue weighted by Gasteiger charge is 2.25. The molecule has 0 aromatic carbocycles. The van der Waals surface area contributed by atoms with Gasteiger partial charge in [-0.25, -0.2) is 0 Å². The molecule has 0 bridgehead atoms. The Morgan fingerprint density at radius 3 is 2.62 bits per heavy atom. The highest BCUT2D eigenvalue weighted by atomic mass is 16.5. The molecule has 0 spiro atoms. The van der Waals surface area contributed by atoms with Crippen molar-refractivity contribution < 1.29 is 9.47 Å². The Bertz CT molecular complexity index is 503. The van der Waals surface area contributed by atoms with Gasteiger partial charge in [0.1, 0.15) is 11.9 Å². The number of rotatable bonds is 6. The Morgan fingerprint density at radius 2 is 2.00 bits per heavy atom. The van der Waals surface area contributed by atoms with E-state index in [9.17, 15) is 0 Å². The van der Waals surface area contributed by atoms with Crippen LogP contribution in [-0.4, -0.2) is 17.8 Å². The van der Waals surface area contributed by atoms with E-state index in [1.54, 1.807) is 11.1 Å². The Kier molecular flexibility index (Phi) is 6.74. The zero-order chi connectivity index (χ0) is 17.7. The average molecular weight is 333 g/mol. The first-order valence-corrected chi connectivity index (χ1v) is 9.72. The summed E-state index contributed by atoms with van der Waals surface area (Å²) in [5.41, 5.74) is 3.20. The molecule has 0 saturated heterocycles. The molecule has 2 heteroatoms. The molecule has 2 atom stereocenters. The van der Waals surface area contributed by atoms with Gasteiger partial charge < -0.3 is 9.47 Å². The van der Waals surface area contributed by atoms with Crippen LogP contribution in [0, 0.1) is 5.92 Å². The molecule has 0 aliphatic heterocycles. The lowest BCUT2D eigenvalue weighted by Crippen LogP contribution is -2.27. The summed E-state index contributed by atoms with van der Waals surface area (Å²) < 4.78 is 12.4. The largest absolute Gasteiger partial charge is 0.490 e. The molecule has 24 heavy (non-hydrogen) atoms. The summed E-state index contributed by atoms with van der Waals surface area (Å²) in [5, 5.41) is 0. The molecule has 2 nitrogen and oxygen atoms in total. The van der Waals surface area contributed by atoms with Gasteiger partial charge in [-0.1, -0.05) is 44.4 Å². The van der Waals surface area contributed by atoms with Crippen molar-refractivity contribution in [2.24, 2.45) is 5.92 Å². The van der Waals surface area contributed by atoms with Gasteiger partial charge in [0.25, 0.3) is 0 Å². The topological polar surface area (TPSA) is 18.5 Å². The van der Waals surface area contributed by atoms with Crippen LogP contribution < -0.4 is 0 Å². The highest BCUT2D eigenvalue weighted by molar-refractivity contribution is 5.23. The van der Waals surface area contributed by atoms with Gasteiger partial charge >= 0.3 is 0 Å². The molecular formula is C22H36O2. The van der Waals surface area contributed by atoms with Gasteiger partial charge in [0, 0.05) is 6.42 Å². The van der Waals surface area contributed by atoms with Gasteiger partial charge in [0.15, 0.2) is 0 Å². The van der Waals surface area contributed by atoms with Crippen LogP contribution in [0.2, 0.25) is 0 Å². The van der Waals surface area contributed by atoms with E-state index in [0.717, 1.165) is 25.0 Å². The summed E-state index contributed by atoms with van der Waals surface area (Å²) in [7, 11) is 0. The van der Waals surface area contributed by atoms with Crippen LogP contribution in [0.5, 0.6) is 0 Å². The van der Waals surface area contributed by atoms with Crippen molar-refractivity contribution in [2.75, 3.05) is 0 Å². The lowest BCUT2D eigenvalue weighted by molar-refractivity contribution is -0.0393. The molecule has 2 rings (SSSR count). The Balaban J connectivity index is 2.00. The average Bonchev–Trinajstić information content (AvgIpc) is 2.46. The van der Waals surface area contributed by atoms with Crippen molar-refractivity contribution >= 4 is 0 Å². The van der Waals surface area contributed by atoms with Gasteiger partial charge in [0.05, 0.1) is 11.7 Å². The minimum Gasteiger partial charge on any atom is -0.490 e. The van der Waals surface area contributed by atoms with Gasteiger partial charge in [-0.3, -0.25) is 0 Å². The number of hydrogen-bond acceptors (Lipinski definition) is 2. The van der Waals surface area contributed by atoms with Crippen molar-refractivity contribution in [1.82, 2.24) is 0 Å². The number of ether oxygens (including phenoxy) is 2. The molecule has 2 aliphatic rings. The van der Waals surface area contributed by atoms with Crippen LogP contribution in [0.3, 0.4) is 0 Å². The van der Waals surface area contributed by atoms with Crippen LogP contribution in [0.15, 0.2) is 35.1 Å². The number of hydrogen-bond donors (Lipinski definition) is 0. The van der Waals surface area contributed by atoms with E-state index in [1.807, 2.05) is 0 Å². The van der Waals surface area contributed by atoms with Crippen molar-refractivity contribution in [3.63, 3.8) is 0 Å². The fourth-order valence-corrected chi connectivity index (χ4v) is 3.80. The molecule has 0 fully saturated rings. The van der Waals surface area contributed by atoms with Crippen molar-refractivity contribution in [3.8, 4) is 0 Å². The SMILES string of the molecule is CCCC1=C(C(C)C)CCC(OC2=CC(OC(C)(C)C)CC=C2)C1. The third kappa shape index (κ3) is 5.81. The van der Waals surface area contributed by atoms with Crippen LogP contribution in [0.25, 0.3) is 0 Å². The quantitative estimate of drug-likeness (QED) is 0.529. The molecule has 0 aromatic heterocycles. The lowest BCUT2D eigenvalue weighted by atomic mass is 9.82. The second-order valence-corrected chi connectivity index (χ2v) is 8.49. The Labute approximate surface area is 149 Å². The first kappa shape index (κ1) is 19.3. The third-order valence-electron chi connectivity index (χ3n) is 4.72. The summed E-state index contributed by atoms with van der Waals surface area (Å²) in [4.78, 5) is 0. The van der Waals surface area contributed by atoms with E-state index in [2.05, 4.69) is 59.8 Å². The van der Waals surface area contributed by atoms with Crippen LogP contribution in [-0.2, 0) is 9.47 Å². The van der Waals surface area contributed by atoms with Crippen LogP contribution >= 0.6 is 0 Å². The Morgan fingerprint density at radius 1 is 1.25 bits per heavy atom. The van der Waals surface area contributed by atoms with E-state index in [4.69, 9.17) is 9.47 Å². The summed E-state index contributed by atoms with van der Waals surface area (Å²) in [6, 6.07) is 0. The standard InChI is InChI=1S/C22H36O2/c1-7-9-17-14-19(12-13-21(17)16(2)3)23-18-10-8-11-20(15-18)24-22(4,5)6/h8,10,15-16,19-20H,7,9,11-14H2,1-6H3. The molecule has 0 saturated carbocycles. The molecule has 2 aliphatic carbocycles. The summed E-state index contributed by atoms with van der Waals surface area (Å²) in [5.74, 6) is 1.66. The molecule has 0 amide bonds. The molecule has 0 radical (unpaired) electrons. The van der Waals surface area contributed by atoms with Gasteiger partial charge in [-0.05, 0) is 64.5 Å². The van der Waals surface area contributed by atoms with Crippen molar-refractivity contribution in [3.05, 3.63) is 35.1 Å². The van der Waals surface area contributed by atoms with Crippen LogP contribution in [0.1, 0.15) is 80.1 Å². The molecule has 0 N–H and O–H groups in total. The molecular weight excluding hydrogens is 296 g/mol. The highest BCUT2D eigenvalue weighted by Crippen LogP contribution is 2.35. The summed E-state index contributed by atoms with van der Waals surface area (Å²) >= 11 is 0. The molecule has 136 valence electrons.